The van der Waals surface area contributed by atoms with E-state index in [-0.39, 0.29) is 5.54 Å². The maximum absolute atomic E-state index is 9.54. The van der Waals surface area contributed by atoms with Crippen LogP contribution in [0.5, 0.6) is 0 Å². The van der Waals surface area contributed by atoms with Crippen LogP contribution in [0.15, 0.2) is 0 Å². The standard InChI is InChI=1S/C11H21NO/c1-3-11(9-13)7-10(5-6-10)8-12(11)4-2/h13H,3-9H2,1-2H3. The molecule has 76 valence electrons. The van der Waals surface area contributed by atoms with Crippen molar-refractivity contribution in [2.45, 2.75) is 45.1 Å². The first-order valence-electron chi connectivity index (χ1n) is 5.56. The molecule has 0 radical (unpaired) electrons. The van der Waals surface area contributed by atoms with Crippen LogP contribution in [0.1, 0.15) is 39.5 Å². The van der Waals surface area contributed by atoms with Gasteiger partial charge in [0.15, 0.2) is 0 Å². The summed E-state index contributed by atoms with van der Waals surface area (Å²) in [6, 6.07) is 0. The van der Waals surface area contributed by atoms with Crippen LogP contribution in [-0.4, -0.2) is 35.2 Å². The lowest BCUT2D eigenvalue weighted by atomic mass is 9.89. The van der Waals surface area contributed by atoms with Gasteiger partial charge >= 0.3 is 0 Å². The van der Waals surface area contributed by atoms with Gasteiger partial charge in [0.25, 0.3) is 0 Å². The van der Waals surface area contributed by atoms with Crippen LogP contribution in [0.4, 0.5) is 0 Å². The monoisotopic (exact) mass is 183 g/mol. The number of aliphatic hydroxyl groups is 1. The van der Waals surface area contributed by atoms with Crippen molar-refractivity contribution in [3.8, 4) is 0 Å². The van der Waals surface area contributed by atoms with E-state index >= 15 is 0 Å². The van der Waals surface area contributed by atoms with Crippen LogP contribution < -0.4 is 0 Å². The molecule has 2 nitrogen and oxygen atoms in total. The van der Waals surface area contributed by atoms with E-state index in [2.05, 4.69) is 18.7 Å². The van der Waals surface area contributed by atoms with Crippen LogP contribution in [0.25, 0.3) is 0 Å². The summed E-state index contributed by atoms with van der Waals surface area (Å²) in [5, 5.41) is 9.54. The van der Waals surface area contributed by atoms with Crippen molar-refractivity contribution in [1.29, 1.82) is 0 Å². The maximum Gasteiger partial charge on any atom is 0.0615 e. The van der Waals surface area contributed by atoms with Gasteiger partial charge in [-0.15, -0.1) is 0 Å². The van der Waals surface area contributed by atoms with Crippen molar-refractivity contribution in [2.75, 3.05) is 19.7 Å². The third-order valence-corrected chi connectivity index (χ3v) is 4.19. The van der Waals surface area contributed by atoms with Crippen molar-refractivity contribution >= 4 is 0 Å². The van der Waals surface area contributed by atoms with Gasteiger partial charge in [-0.2, -0.15) is 0 Å². The molecule has 1 heterocycles. The molecule has 13 heavy (non-hydrogen) atoms. The summed E-state index contributed by atoms with van der Waals surface area (Å²) in [7, 11) is 0. The van der Waals surface area contributed by atoms with Gasteiger partial charge in [-0.3, -0.25) is 4.90 Å². The minimum Gasteiger partial charge on any atom is -0.394 e. The average Bonchev–Trinajstić information content (AvgIpc) is 2.81. The third kappa shape index (κ3) is 1.31. The molecule has 1 saturated heterocycles. The molecule has 0 amide bonds. The fourth-order valence-corrected chi connectivity index (χ4v) is 3.01. The summed E-state index contributed by atoms with van der Waals surface area (Å²) in [5.74, 6) is 0. The zero-order chi connectivity index (χ0) is 9.53. The quantitative estimate of drug-likeness (QED) is 0.719. The molecule has 1 spiro atoms. The van der Waals surface area contributed by atoms with Gasteiger partial charge < -0.3 is 5.11 Å². The van der Waals surface area contributed by atoms with E-state index in [1.54, 1.807) is 0 Å². The Hall–Kier alpha value is -0.0800. The highest BCUT2D eigenvalue weighted by atomic mass is 16.3. The van der Waals surface area contributed by atoms with Gasteiger partial charge in [0.2, 0.25) is 0 Å². The largest absolute Gasteiger partial charge is 0.394 e. The molecule has 1 unspecified atom stereocenters. The normalized spacial score (nSPS) is 37.2. The molecule has 0 bridgehead atoms. The van der Waals surface area contributed by atoms with Gasteiger partial charge in [-0.1, -0.05) is 13.8 Å². The molecule has 1 saturated carbocycles. The minimum absolute atomic E-state index is 0.130. The maximum atomic E-state index is 9.54. The average molecular weight is 183 g/mol. The molecule has 2 heteroatoms. The number of hydrogen-bond acceptors (Lipinski definition) is 2. The van der Waals surface area contributed by atoms with Crippen LogP contribution in [0.3, 0.4) is 0 Å². The Kier molecular flexibility index (Phi) is 2.16. The van der Waals surface area contributed by atoms with E-state index in [0.29, 0.717) is 12.0 Å². The fourth-order valence-electron chi connectivity index (χ4n) is 3.01. The second-order valence-electron chi connectivity index (χ2n) is 4.93. The summed E-state index contributed by atoms with van der Waals surface area (Å²) in [5.41, 5.74) is 0.750. The lowest BCUT2D eigenvalue weighted by molar-refractivity contribution is 0.0646. The van der Waals surface area contributed by atoms with Crippen LogP contribution in [-0.2, 0) is 0 Å². The van der Waals surface area contributed by atoms with Gasteiger partial charge in [0.1, 0.15) is 0 Å². The number of likely N-dealkylation sites (N-methyl/N-ethyl adjacent to an activating group) is 1. The van der Waals surface area contributed by atoms with Crippen molar-refractivity contribution in [2.24, 2.45) is 5.41 Å². The van der Waals surface area contributed by atoms with Crippen molar-refractivity contribution in [1.82, 2.24) is 4.90 Å². The van der Waals surface area contributed by atoms with Gasteiger partial charge in [0.05, 0.1) is 6.61 Å². The third-order valence-electron chi connectivity index (χ3n) is 4.19. The predicted octanol–water partition coefficient (Wildman–Crippen LogP) is 1.63. The molecule has 0 aromatic rings. The summed E-state index contributed by atoms with van der Waals surface area (Å²) in [4.78, 5) is 2.50. The highest BCUT2D eigenvalue weighted by Crippen LogP contribution is 2.58. The molecule has 1 aliphatic heterocycles. The Morgan fingerprint density at radius 1 is 1.31 bits per heavy atom. The van der Waals surface area contributed by atoms with E-state index in [0.717, 1.165) is 13.0 Å². The topological polar surface area (TPSA) is 23.5 Å². The fraction of sp³-hybridized carbons (Fsp3) is 1.00. The molecule has 0 aromatic heterocycles. The molecule has 2 aliphatic rings. The Morgan fingerprint density at radius 3 is 2.31 bits per heavy atom. The zero-order valence-electron chi connectivity index (χ0n) is 8.84. The van der Waals surface area contributed by atoms with Crippen LogP contribution >= 0.6 is 0 Å². The highest BCUT2D eigenvalue weighted by Gasteiger charge is 2.57. The van der Waals surface area contributed by atoms with Gasteiger partial charge in [0, 0.05) is 12.1 Å². The first-order chi connectivity index (χ1) is 6.20. The molecular weight excluding hydrogens is 162 g/mol. The number of nitrogens with zero attached hydrogens (tertiary/aromatic N) is 1. The Labute approximate surface area is 80.9 Å². The number of likely N-dealkylation sites (tertiary alicyclic amines) is 1. The lowest BCUT2D eigenvalue weighted by Crippen LogP contribution is -2.46. The van der Waals surface area contributed by atoms with Gasteiger partial charge in [-0.05, 0) is 37.6 Å². The lowest BCUT2D eigenvalue weighted by Gasteiger charge is -2.35. The molecular formula is C11H21NO. The first-order valence-corrected chi connectivity index (χ1v) is 5.56. The zero-order valence-corrected chi connectivity index (χ0v) is 8.84. The first kappa shape index (κ1) is 9.47. The van der Waals surface area contributed by atoms with E-state index in [1.807, 2.05) is 0 Å². The van der Waals surface area contributed by atoms with E-state index in [9.17, 15) is 5.11 Å². The summed E-state index contributed by atoms with van der Waals surface area (Å²) in [6.07, 6.45) is 5.12. The van der Waals surface area contributed by atoms with Crippen LogP contribution in [0.2, 0.25) is 0 Å². The van der Waals surface area contributed by atoms with Crippen molar-refractivity contribution in [3.05, 3.63) is 0 Å². The van der Waals surface area contributed by atoms with Gasteiger partial charge in [-0.25, -0.2) is 0 Å². The number of aliphatic hydroxyl groups excluding tert-OH is 1. The number of hydrogen-bond donors (Lipinski definition) is 1. The number of rotatable bonds is 3. The molecule has 0 aromatic carbocycles. The second kappa shape index (κ2) is 2.96. The van der Waals surface area contributed by atoms with Crippen molar-refractivity contribution < 1.29 is 5.11 Å². The molecule has 1 aliphatic carbocycles. The highest BCUT2D eigenvalue weighted by molar-refractivity contribution is 5.10. The Bertz CT molecular complexity index is 194. The predicted molar refractivity (Wildman–Crippen MR) is 53.6 cm³/mol. The smallest absolute Gasteiger partial charge is 0.0615 e. The Morgan fingerprint density at radius 2 is 2.00 bits per heavy atom. The second-order valence-corrected chi connectivity index (χ2v) is 4.93. The molecule has 1 atom stereocenters. The molecule has 2 rings (SSSR count). The molecule has 2 fully saturated rings. The summed E-state index contributed by atoms with van der Waals surface area (Å²) >= 11 is 0. The minimum atomic E-state index is 0.130. The SMILES string of the molecule is CCN1CC2(CC2)CC1(CC)CO. The van der Waals surface area contributed by atoms with Crippen molar-refractivity contribution in [3.63, 3.8) is 0 Å². The molecule has 1 N–H and O–H groups in total. The summed E-state index contributed by atoms with van der Waals surface area (Å²) < 4.78 is 0. The summed E-state index contributed by atoms with van der Waals surface area (Å²) in [6.45, 7) is 7.09. The van der Waals surface area contributed by atoms with E-state index in [1.165, 1.54) is 25.8 Å². The Balaban J connectivity index is 2.16. The van der Waals surface area contributed by atoms with E-state index in [4.69, 9.17) is 0 Å². The van der Waals surface area contributed by atoms with Crippen LogP contribution in [0, 0.1) is 5.41 Å². The van der Waals surface area contributed by atoms with E-state index < -0.39 is 0 Å².